The van der Waals surface area contributed by atoms with Crippen LogP contribution in [-0.2, 0) is 9.53 Å². The van der Waals surface area contributed by atoms with Gasteiger partial charge in [-0.1, -0.05) is 25.0 Å². The molecule has 0 aromatic heterocycles. The van der Waals surface area contributed by atoms with Gasteiger partial charge in [-0.25, -0.2) is 4.79 Å². The van der Waals surface area contributed by atoms with Crippen LogP contribution < -0.4 is 10.6 Å². The number of ether oxygens (including phenoxy) is 1. The number of piperidine rings is 1. The highest BCUT2D eigenvalue weighted by molar-refractivity contribution is 6.04. The predicted octanol–water partition coefficient (Wildman–Crippen LogP) is 3.17. The third-order valence-electron chi connectivity index (χ3n) is 5.44. The minimum Gasteiger partial charge on any atom is -0.450 e. The van der Waals surface area contributed by atoms with Gasteiger partial charge in [0.25, 0.3) is 5.91 Å². The maximum Gasteiger partial charge on any atom is 0.409 e. The Morgan fingerprint density at radius 2 is 1.86 bits per heavy atom. The summed E-state index contributed by atoms with van der Waals surface area (Å²) >= 11 is 0. The van der Waals surface area contributed by atoms with Gasteiger partial charge in [-0.05, 0) is 44.7 Å². The minimum absolute atomic E-state index is 0.153. The van der Waals surface area contributed by atoms with Gasteiger partial charge in [-0.15, -0.1) is 0 Å². The quantitative estimate of drug-likeness (QED) is 0.812. The molecule has 28 heavy (non-hydrogen) atoms. The Balaban J connectivity index is 1.63. The Hall–Kier alpha value is -2.57. The zero-order chi connectivity index (χ0) is 19.9. The van der Waals surface area contributed by atoms with Crippen molar-refractivity contribution in [2.24, 2.45) is 5.92 Å². The predicted molar refractivity (Wildman–Crippen MR) is 106 cm³/mol. The van der Waals surface area contributed by atoms with E-state index < -0.39 is 0 Å². The second-order valence-electron chi connectivity index (χ2n) is 7.47. The van der Waals surface area contributed by atoms with Crippen LogP contribution in [-0.4, -0.2) is 48.5 Å². The van der Waals surface area contributed by atoms with E-state index in [1.165, 1.54) is 0 Å². The molecule has 1 saturated heterocycles. The molecular formula is C21H29N3O4. The van der Waals surface area contributed by atoms with Gasteiger partial charge in [-0.2, -0.15) is 0 Å². The Morgan fingerprint density at radius 1 is 1.11 bits per heavy atom. The van der Waals surface area contributed by atoms with Crippen molar-refractivity contribution in [1.29, 1.82) is 0 Å². The van der Waals surface area contributed by atoms with Crippen LogP contribution in [0.15, 0.2) is 24.3 Å². The van der Waals surface area contributed by atoms with E-state index in [1.807, 2.05) is 0 Å². The van der Waals surface area contributed by atoms with Gasteiger partial charge >= 0.3 is 6.09 Å². The maximum absolute atomic E-state index is 12.8. The summed E-state index contributed by atoms with van der Waals surface area (Å²) in [4.78, 5) is 39.0. The number of likely N-dealkylation sites (tertiary alicyclic amines) is 1. The molecule has 1 heterocycles. The lowest BCUT2D eigenvalue weighted by Crippen LogP contribution is -2.44. The first-order chi connectivity index (χ1) is 13.6. The smallest absolute Gasteiger partial charge is 0.409 e. The van der Waals surface area contributed by atoms with Crippen LogP contribution in [0.3, 0.4) is 0 Å². The summed E-state index contributed by atoms with van der Waals surface area (Å²) in [5.74, 6) is -0.640. The van der Waals surface area contributed by atoms with Crippen LogP contribution in [0.1, 0.15) is 55.8 Å². The second kappa shape index (κ2) is 9.57. The molecule has 0 radical (unpaired) electrons. The van der Waals surface area contributed by atoms with Crippen molar-refractivity contribution in [3.05, 3.63) is 29.8 Å². The van der Waals surface area contributed by atoms with Gasteiger partial charge in [0.15, 0.2) is 0 Å². The third kappa shape index (κ3) is 5.03. The number of nitrogens with one attached hydrogen (secondary N) is 2. The van der Waals surface area contributed by atoms with E-state index in [2.05, 4.69) is 10.6 Å². The average Bonchev–Trinajstić information content (AvgIpc) is 3.21. The molecule has 1 aromatic rings. The Bertz CT molecular complexity index is 715. The van der Waals surface area contributed by atoms with E-state index in [0.29, 0.717) is 37.4 Å². The summed E-state index contributed by atoms with van der Waals surface area (Å²) in [6.07, 6.45) is 5.37. The van der Waals surface area contributed by atoms with Crippen molar-refractivity contribution in [3.63, 3.8) is 0 Å². The summed E-state index contributed by atoms with van der Waals surface area (Å²) in [5.41, 5.74) is 0.983. The van der Waals surface area contributed by atoms with Crippen molar-refractivity contribution in [3.8, 4) is 0 Å². The lowest BCUT2D eigenvalue weighted by atomic mass is 9.97. The van der Waals surface area contributed by atoms with Crippen molar-refractivity contribution in [1.82, 2.24) is 10.2 Å². The number of hydrogen-bond acceptors (Lipinski definition) is 4. The second-order valence-corrected chi connectivity index (χ2v) is 7.47. The van der Waals surface area contributed by atoms with E-state index in [-0.39, 0.29) is 29.9 Å². The first-order valence-electron chi connectivity index (χ1n) is 10.2. The Morgan fingerprint density at radius 3 is 2.61 bits per heavy atom. The van der Waals surface area contributed by atoms with Crippen molar-refractivity contribution >= 4 is 23.6 Å². The molecule has 1 aromatic carbocycles. The molecule has 1 aliphatic carbocycles. The van der Waals surface area contributed by atoms with Crippen LogP contribution >= 0.6 is 0 Å². The Kier molecular flexibility index (Phi) is 6.90. The van der Waals surface area contributed by atoms with Crippen LogP contribution in [0.5, 0.6) is 0 Å². The van der Waals surface area contributed by atoms with E-state index >= 15 is 0 Å². The standard InChI is InChI=1S/C21H29N3O4/c1-2-28-21(27)24-13-7-8-15(14-24)19(25)23-18-12-6-5-11-17(18)20(26)22-16-9-3-4-10-16/h5-6,11-12,15-16H,2-4,7-10,13-14H2,1H3,(H,22,26)(H,23,25). The molecule has 1 atom stereocenters. The first kappa shape index (κ1) is 20.2. The minimum atomic E-state index is -0.378. The molecule has 2 aliphatic rings. The fraction of sp³-hybridized carbons (Fsp3) is 0.571. The molecule has 3 rings (SSSR count). The van der Waals surface area contributed by atoms with Crippen LogP contribution in [0.4, 0.5) is 10.5 Å². The molecule has 7 nitrogen and oxygen atoms in total. The number of rotatable bonds is 5. The molecule has 0 spiro atoms. The number of para-hydroxylation sites is 1. The molecular weight excluding hydrogens is 358 g/mol. The van der Waals surface area contributed by atoms with Gasteiger partial charge in [0.2, 0.25) is 5.91 Å². The van der Waals surface area contributed by atoms with Crippen LogP contribution in [0.25, 0.3) is 0 Å². The fourth-order valence-corrected chi connectivity index (χ4v) is 3.93. The molecule has 1 unspecified atom stereocenters. The molecule has 3 amide bonds. The number of benzene rings is 1. The van der Waals surface area contributed by atoms with E-state index in [1.54, 1.807) is 36.1 Å². The molecule has 1 aliphatic heterocycles. The number of nitrogens with zero attached hydrogens (tertiary/aromatic N) is 1. The van der Waals surface area contributed by atoms with E-state index in [9.17, 15) is 14.4 Å². The zero-order valence-corrected chi connectivity index (χ0v) is 16.4. The number of amides is 3. The van der Waals surface area contributed by atoms with Crippen molar-refractivity contribution < 1.29 is 19.1 Å². The summed E-state index contributed by atoms with van der Waals surface area (Å²) in [6, 6.07) is 7.28. The average molecular weight is 387 g/mol. The molecule has 0 bridgehead atoms. The molecule has 152 valence electrons. The SMILES string of the molecule is CCOC(=O)N1CCCC(C(=O)Nc2ccccc2C(=O)NC2CCCC2)C1. The number of carbonyl (C=O) groups is 3. The third-order valence-corrected chi connectivity index (χ3v) is 5.44. The highest BCUT2D eigenvalue weighted by Gasteiger charge is 2.30. The van der Waals surface area contributed by atoms with Crippen molar-refractivity contribution in [2.75, 3.05) is 25.0 Å². The lowest BCUT2D eigenvalue weighted by molar-refractivity contribution is -0.121. The normalized spacial score (nSPS) is 19.9. The monoisotopic (exact) mass is 387 g/mol. The summed E-state index contributed by atoms with van der Waals surface area (Å²) < 4.78 is 5.04. The topological polar surface area (TPSA) is 87.7 Å². The fourth-order valence-electron chi connectivity index (χ4n) is 3.93. The molecule has 2 N–H and O–H groups in total. The highest BCUT2D eigenvalue weighted by atomic mass is 16.6. The van der Waals surface area contributed by atoms with Crippen LogP contribution in [0.2, 0.25) is 0 Å². The summed E-state index contributed by atoms with van der Waals surface area (Å²) in [7, 11) is 0. The van der Waals surface area contributed by atoms with Gasteiger partial charge in [0.05, 0.1) is 23.8 Å². The Labute approximate surface area is 165 Å². The van der Waals surface area contributed by atoms with Gasteiger partial charge in [-0.3, -0.25) is 9.59 Å². The van der Waals surface area contributed by atoms with E-state index in [4.69, 9.17) is 4.74 Å². The zero-order valence-electron chi connectivity index (χ0n) is 16.4. The van der Waals surface area contributed by atoms with Crippen molar-refractivity contribution in [2.45, 2.75) is 51.5 Å². The van der Waals surface area contributed by atoms with Gasteiger partial charge < -0.3 is 20.3 Å². The maximum atomic E-state index is 12.8. The molecule has 1 saturated carbocycles. The molecule has 2 fully saturated rings. The summed E-state index contributed by atoms with van der Waals surface area (Å²) in [5, 5.41) is 5.96. The lowest BCUT2D eigenvalue weighted by Gasteiger charge is -2.31. The van der Waals surface area contributed by atoms with E-state index in [0.717, 1.165) is 32.1 Å². The largest absolute Gasteiger partial charge is 0.450 e. The summed E-state index contributed by atoms with van der Waals surface area (Å²) in [6.45, 7) is 3.01. The highest BCUT2D eigenvalue weighted by Crippen LogP contribution is 2.23. The van der Waals surface area contributed by atoms with Gasteiger partial charge in [0.1, 0.15) is 0 Å². The molecule has 7 heteroatoms. The number of carbonyl (C=O) groups excluding carboxylic acids is 3. The first-order valence-corrected chi connectivity index (χ1v) is 10.2. The van der Waals surface area contributed by atoms with Crippen LogP contribution in [0, 0.1) is 5.92 Å². The van der Waals surface area contributed by atoms with Gasteiger partial charge in [0, 0.05) is 19.1 Å². The number of anilines is 1. The number of hydrogen-bond donors (Lipinski definition) is 2.